The van der Waals surface area contributed by atoms with E-state index < -0.39 is 0 Å². The Morgan fingerprint density at radius 1 is 0.950 bits per heavy atom. The van der Waals surface area contributed by atoms with Gasteiger partial charge in [0, 0.05) is 0 Å². The molecule has 0 radical (unpaired) electrons. The third kappa shape index (κ3) is 4.21. The highest BCUT2D eigenvalue weighted by atomic mass is 16.5. The summed E-state index contributed by atoms with van der Waals surface area (Å²) in [6, 6.07) is 0. The average Bonchev–Trinajstić information content (AvgIpc) is 2.38. The molecule has 0 aromatic carbocycles. The number of rotatable bonds is 3. The third-order valence-electron chi connectivity index (χ3n) is 5.51. The van der Waals surface area contributed by atoms with E-state index in [1.807, 2.05) is 0 Å². The lowest BCUT2D eigenvalue weighted by atomic mass is 9.70. The molecule has 2 saturated heterocycles. The van der Waals surface area contributed by atoms with Crippen molar-refractivity contribution in [2.75, 3.05) is 13.1 Å². The maximum Gasteiger partial charge on any atom is 0.0627 e. The van der Waals surface area contributed by atoms with Crippen LogP contribution in [0.25, 0.3) is 0 Å². The van der Waals surface area contributed by atoms with Crippen LogP contribution in [0, 0.1) is 16.7 Å². The van der Waals surface area contributed by atoms with Gasteiger partial charge in [0.15, 0.2) is 0 Å². The van der Waals surface area contributed by atoms with E-state index in [4.69, 9.17) is 4.74 Å². The molecule has 2 rings (SSSR count). The van der Waals surface area contributed by atoms with E-state index in [1.165, 1.54) is 51.6 Å². The fourth-order valence-electron chi connectivity index (χ4n) is 4.04. The van der Waals surface area contributed by atoms with Crippen LogP contribution in [0.4, 0.5) is 0 Å². The zero-order valence-electron chi connectivity index (χ0n) is 14.3. The van der Waals surface area contributed by atoms with Gasteiger partial charge < -0.3 is 10.1 Å². The molecular weight excluding hydrogens is 246 g/mol. The monoisotopic (exact) mass is 281 g/mol. The minimum Gasteiger partial charge on any atom is -0.374 e. The summed E-state index contributed by atoms with van der Waals surface area (Å²) in [5.74, 6) is 0.863. The summed E-state index contributed by atoms with van der Waals surface area (Å²) in [5, 5.41) is 3.49. The molecule has 20 heavy (non-hydrogen) atoms. The van der Waals surface area contributed by atoms with E-state index in [-0.39, 0.29) is 5.41 Å². The zero-order valence-corrected chi connectivity index (χ0v) is 14.3. The van der Waals surface area contributed by atoms with Gasteiger partial charge in [-0.1, -0.05) is 34.6 Å². The Morgan fingerprint density at radius 3 is 2.20 bits per heavy atom. The quantitative estimate of drug-likeness (QED) is 0.828. The van der Waals surface area contributed by atoms with Gasteiger partial charge in [-0.15, -0.1) is 0 Å². The Hall–Kier alpha value is -0.0800. The minimum atomic E-state index is 0.289. The summed E-state index contributed by atoms with van der Waals surface area (Å²) in [6.45, 7) is 14.3. The number of piperidine rings is 1. The Kier molecular flexibility index (Phi) is 5.18. The second-order valence-corrected chi connectivity index (χ2v) is 8.76. The van der Waals surface area contributed by atoms with E-state index in [2.05, 4.69) is 39.9 Å². The predicted molar refractivity (Wildman–Crippen MR) is 86.0 cm³/mol. The van der Waals surface area contributed by atoms with Crippen molar-refractivity contribution < 1.29 is 4.74 Å². The van der Waals surface area contributed by atoms with E-state index in [9.17, 15) is 0 Å². The summed E-state index contributed by atoms with van der Waals surface area (Å²) in [6.07, 6.45) is 8.70. The molecule has 2 aliphatic rings. The first-order valence-electron chi connectivity index (χ1n) is 8.65. The van der Waals surface area contributed by atoms with Gasteiger partial charge in [-0.3, -0.25) is 0 Å². The Labute approximate surface area is 126 Å². The molecule has 2 heteroatoms. The standard InChI is InChI=1S/C18H35NO/c1-17(2,3)16-8-6-7-15(20-16)13-18(4,5)14-9-11-19-12-10-14/h14-16,19H,6-13H2,1-5H3. The first-order valence-corrected chi connectivity index (χ1v) is 8.65. The molecule has 0 aliphatic carbocycles. The van der Waals surface area contributed by atoms with Crippen LogP contribution in [0.5, 0.6) is 0 Å². The summed E-state index contributed by atoms with van der Waals surface area (Å²) in [7, 11) is 0. The van der Waals surface area contributed by atoms with Crippen molar-refractivity contribution in [2.24, 2.45) is 16.7 Å². The van der Waals surface area contributed by atoms with E-state index in [0.717, 1.165) is 5.92 Å². The Morgan fingerprint density at radius 2 is 1.60 bits per heavy atom. The van der Waals surface area contributed by atoms with Gasteiger partial charge in [0.2, 0.25) is 0 Å². The lowest BCUT2D eigenvalue weighted by molar-refractivity contribution is -0.115. The SMILES string of the molecule is CC(C)(C)C1CCCC(CC(C)(C)C2CCNCC2)O1. The second-order valence-electron chi connectivity index (χ2n) is 8.76. The Bertz CT molecular complexity index is 299. The molecule has 0 aromatic heterocycles. The molecule has 118 valence electrons. The molecule has 1 N–H and O–H groups in total. The van der Waals surface area contributed by atoms with Crippen LogP contribution in [0.15, 0.2) is 0 Å². The molecule has 2 fully saturated rings. The number of hydrogen-bond acceptors (Lipinski definition) is 2. The van der Waals surface area contributed by atoms with Gasteiger partial charge in [-0.05, 0) is 68.4 Å². The molecule has 2 unspecified atom stereocenters. The summed E-state index contributed by atoms with van der Waals surface area (Å²) in [5.41, 5.74) is 0.712. The first kappa shape index (κ1) is 16.3. The number of ether oxygens (including phenoxy) is 1. The van der Waals surface area contributed by atoms with Crippen LogP contribution in [-0.4, -0.2) is 25.3 Å². The lowest BCUT2D eigenvalue weighted by Gasteiger charge is -2.43. The highest BCUT2D eigenvalue weighted by Crippen LogP contribution is 2.41. The largest absolute Gasteiger partial charge is 0.374 e. The molecule has 2 aliphatic heterocycles. The smallest absolute Gasteiger partial charge is 0.0627 e. The highest BCUT2D eigenvalue weighted by molar-refractivity contribution is 4.87. The van der Waals surface area contributed by atoms with Crippen LogP contribution in [0.3, 0.4) is 0 Å². The van der Waals surface area contributed by atoms with Crippen molar-refractivity contribution >= 4 is 0 Å². The fraction of sp³-hybridized carbons (Fsp3) is 1.00. The summed E-state index contributed by atoms with van der Waals surface area (Å²) < 4.78 is 6.46. The van der Waals surface area contributed by atoms with Crippen LogP contribution < -0.4 is 5.32 Å². The topological polar surface area (TPSA) is 21.3 Å². The molecule has 2 atom stereocenters. The van der Waals surface area contributed by atoms with Crippen LogP contribution in [0.1, 0.15) is 73.1 Å². The molecule has 0 aromatic rings. The minimum absolute atomic E-state index is 0.289. The van der Waals surface area contributed by atoms with Crippen LogP contribution >= 0.6 is 0 Å². The zero-order chi connectivity index (χ0) is 14.8. The normalized spacial score (nSPS) is 30.4. The number of nitrogens with one attached hydrogen (secondary N) is 1. The molecule has 0 saturated carbocycles. The van der Waals surface area contributed by atoms with Crippen molar-refractivity contribution in [3.8, 4) is 0 Å². The highest BCUT2D eigenvalue weighted by Gasteiger charge is 2.37. The van der Waals surface area contributed by atoms with Crippen molar-refractivity contribution in [1.29, 1.82) is 0 Å². The molecule has 2 heterocycles. The average molecular weight is 281 g/mol. The van der Waals surface area contributed by atoms with Crippen LogP contribution in [0.2, 0.25) is 0 Å². The van der Waals surface area contributed by atoms with Crippen LogP contribution in [-0.2, 0) is 4.74 Å². The summed E-state index contributed by atoms with van der Waals surface area (Å²) in [4.78, 5) is 0. The molecule has 0 amide bonds. The molecular formula is C18H35NO. The van der Waals surface area contributed by atoms with Gasteiger partial charge in [0.25, 0.3) is 0 Å². The predicted octanol–water partition coefficient (Wildman–Crippen LogP) is 4.39. The second kappa shape index (κ2) is 6.36. The van der Waals surface area contributed by atoms with E-state index in [1.54, 1.807) is 0 Å². The first-order chi connectivity index (χ1) is 9.29. The summed E-state index contributed by atoms with van der Waals surface area (Å²) >= 11 is 0. The van der Waals surface area contributed by atoms with Gasteiger partial charge in [0.1, 0.15) is 0 Å². The van der Waals surface area contributed by atoms with Gasteiger partial charge in [0.05, 0.1) is 12.2 Å². The Balaban J connectivity index is 1.91. The number of hydrogen-bond donors (Lipinski definition) is 1. The van der Waals surface area contributed by atoms with Crippen molar-refractivity contribution in [3.63, 3.8) is 0 Å². The van der Waals surface area contributed by atoms with Crippen molar-refractivity contribution in [3.05, 3.63) is 0 Å². The van der Waals surface area contributed by atoms with E-state index in [0.29, 0.717) is 17.6 Å². The maximum absolute atomic E-state index is 6.46. The maximum atomic E-state index is 6.46. The molecule has 2 nitrogen and oxygen atoms in total. The molecule has 0 bridgehead atoms. The van der Waals surface area contributed by atoms with E-state index >= 15 is 0 Å². The molecule has 0 spiro atoms. The third-order valence-corrected chi connectivity index (χ3v) is 5.51. The van der Waals surface area contributed by atoms with Gasteiger partial charge in [-0.25, -0.2) is 0 Å². The van der Waals surface area contributed by atoms with Crippen molar-refractivity contribution in [1.82, 2.24) is 5.32 Å². The van der Waals surface area contributed by atoms with Crippen molar-refractivity contribution in [2.45, 2.75) is 85.4 Å². The van der Waals surface area contributed by atoms with Gasteiger partial charge >= 0.3 is 0 Å². The van der Waals surface area contributed by atoms with Gasteiger partial charge in [-0.2, -0.15) is 0 Å². The lowest BCUT2D eigenvalue weighted by Crippen LogP contribution is -2.41. The fourth-order valence-corrected chi connectivity index (χ4v) is 4.04.